The first-order valence-corrected chi connectivity index (χ1v) is 6.92. The number of nitrogen functional groups attached to an aromatic ring is 1. The summed E-state index contributed by atoms with van der Waals surface area (Å²) in [5, 5.41) is 0. The minimum atomic E-state index is 0.0297. The second kappa shape index (κ2) is 5.00. The average molecular weight is 266 g/mol. The second-order valence-electron chi connectivity index (χ2n) is 5.32. The molecule has 0 saturated heterocycles. The first-order valence-electron chi connectivity index (χ1n) is 6.92. The number of aryl methyl sites for hydroxylation is 2. The summed E-state index contributed by atoms with van der Waals surface area (Å²) in [4.78, 5) is 14.5. The predicted molar refractivity (Wildman–Crippen MR) is 82.0 cm³/mol. The van der Waals surface area contributed by atoms with Gasteiger partial charge in [0.2, 0.25) is 0 Å². The van der Waals surface area contributed by atoms with E-state index in [1.807, 2.05) is 23.1 Å². The molecule has 1 aliphatic rings. The molecule has 3 heteroatoms. The standard InChI is InChI=1S/C17H18N2O/c1-12-7-8-16-13(10-12)5-3-9-19(16)17(20)14-4-2-6-15(18)11-14/h2,4,6-8,10-11H,3,5,9,18H2,1H3. The molecule has 0 aliphatic carbocycles. The van der Waals surface area contributed by atoms with E-state index in [2.05, 4.69) is 19.1 Å². The monoisotopic (exact) mass is 266 g/mol. The van der Waals surface area contributed by atoms with Crippen LogP contribution in [0.5, 0.6) is 0 Å². The molecule has 2 aromatic rings. The van der Waals surface area contributed by atoms with E-state index in [9.17, 15) is 4.79 Å². The van der Waals surface area contributed by atoms with Crippen LogP contribution in [0, 0.1) is 6.92 Å². The van der Waals surface area contributed by atoms with E-state index in [0.717, 1.165) is 25.1 Å². The fraction of sp³-hybridized carbons (Fsp3) is 0.235. The summed E-state index contributed by atoms with van der Waals surface area (Å²) in [6.45, 7) is 2.85. The molecular weight excluding hydrogens is 248 g/mol. The largest absolute Gasteiger partial charge is 0.399 e. The van der Waals surface area contributed by atoms with Gasteiger partial charge in [-0.2, -0.15) is 0 Å². The second-order valence-corrected chi connectivity index (χ2v) is 5.32. The van der Waals surface area contributed by atoms with Crippen LogP contribution in [0.3, 0.4) is 0 Å². The van der Waals surface area contributed by atoms with Crippen molar-refractivity contribution in [3.63, 3.8) is 0 Å². The molecule has 2 N–H and O–H groups in total. The van der Waals surface area contributed by atoms with Crippen LogP contribution in [0.15, 0.2) is 42.5 Å². The summed E-state index contributed by atoms with van der Waals surface area (Å²) in [5.74, 6) is 0.0297. The molecule has 20 heavy (non-hydrogen) atoms. The van der Waals surface area contributed by atoms with Gasteiger partial charge in [-0.15, -0.1) is 0 Å². The Morgan fingerprint density at radius 3 is 2.85 bits per heavy atom. The van der Waals surface area contributed by atoms with Gasteiger partial charge >= 0.3 is 0 Å². The Morgan fingerprint density at radius 1 is 1.20 bits per heavy atom. The molecule has 102 valence electrons. The van der Waals surface area contributed by atoms with Crippen molar-refractivity contribution in [1.82, 2.24) is 0 Å². The highest BCUT2D eigenvalue weighted by molar-refractivity contribution is 6.07. The van der Waals surface area contributed by atoms with Gasteiger partial charge in [0, 0.05) is 23.5 Å². The minimum Gasteiger partial charge on any atom is -0.399 e. The Bertz CT molecular complexity index is 664. The highest BCUT2D eigenvalue weighted by Gasteiger charge is 2.23. The third-order valence-electron chi connectivity index (χ3n) is 3.73. The van der Waals surface area contributed by atoms with Crippen molar-refractivity contribution in [1.29, 1.82) is 0 Å². The number of benzene rings is 2. The van der Waals surface area contributed by atoms with E-state index in [1.165, 1.54) is 11.1 Å². The average Bonchev–Trinajstić information content (AvgIpc) is 2.45. The SMILES string of the molecule is Cc1ccc2c(c1)CCCN2C(=O)c1cccc(N)c1. The lowest BCUT2D eigenvalue weighted by atomic mass is 9.99. The van der Waals surface area contributed by atoms with E-state index < -0.39 is 0 Å². The molecule has 0 bridgehead atoms. The fourth-order valence-corrected chi connectivity index (χ4v) is 2.76. The lowest BCUT2D eigenvalue weighted by molar-refractivity contribution is 0.0985. The first-order chi connectivity index (χ1) is 9.65. The van der Waals surface area contributed by atoms with Gasteiger partial charge in [-0.25, -0.2) is 0 Å². The Morgan fingerprint density at radius 2 is 2.05 bits per heavy atom. The molecular formula is C17H18N2O. The van der Waals surface area contributed by atoms with Crippen molar-refractivity contribution in [2.75, 3.05) is 17.2 Å². The third-order valence-corrected chi connectivity index (χ3v) is 3.73. The van der Waals surface area contributed by atoms with Crippen LogP contribution in [-0.4, -0.2) is 12.5 Å². The molecule has 1 aliphatic heterocycles. The quantitative estimate of drug-likeness (QED) is 0.806. The zero-order valence-corrected chi connectivity index (χ0v) is 11.6. The van der Waals surface area contributed by atoms with Gasteiger partial charge in [-0.1, -0.05) is 23.8 Å². The van der Waals surface area contributed by atoms with Crippen LogP contribution in [0.4, 0.5) is 11.4 Å². The maximum absolute atomic E-state index is 12.7. The molecule has 2 aromatic carbocycles. The Hall–Kier alpha value is -2.29. The van der Waals surface area contributed by atoms with Gasteiger partial charge in [0.05, 0.1) is 0 Å². The topological polar surface area (TPSA) is 46.3 Å². The number of anilines is 2. The lowest BCUT2D eigenvalue weighted by Gasteiger charge is -2.30. The number of hydrogen-bond acceptors (Lipinski definition) is 2. The van der Waals surface area contributed by atoms with Gasteiger partial charge in [0.15, 0.2) is 0 Å². The smallest absolute Gasteiger partial charge is 0.258 e. The summed E-state index contributed by atoms with van der Waals surface area (Å²) >= 11 is 0. The van der Waals surface area contributed by atoms with E-state index >= 15 is 0 Å². The zero-order valence-electron chi connectivity index (χ0n) is 11.6. The number of nitrogens with zero attached hydrogens (tertiary/aromatic N) is 1. The van der Waals surface area contributed by atoms with Crippen molar-refractivity contribution in [2.24, 2.45) is 0 Å². The van der Waals surface area contributed by atoms with Crippen LogP contribution >= 0.6 is 0 Å². The van der Waals surface area contributed by atoms with Crippen LogP contribution in [0.2, 0.25) is 0 Å². The van der Waals surface area contributed by atoms with Crippen LogP contribution in [0.25, 0.3) is 0 Å². The molecule has 1 amide bonds. The summed E-state index contributed by atoms with van der Waals surface area (Å²) in [7, 11) is 0. The number of nitrogens with two attached hydrogens (primary N) is 1. The van der Waals surface area contributed by atoms with Gasteiger partial charge in [-0.3, -0.25) is 4.79 Å². The number of fused-ring (bicyclic) bond motifs is 1. The van der Waals surface area contributed by atoms with Gasteiger partial charge in [0.25, 0.3) is 5.91 Å². The number of rotatable bonds is 1. The Labute approximate surface area is 119 Å². The predicted octanol–water partition coefficient (Wildman–Crippen LogP) is 3.17. The maximum Gasteiger partial charge on any atom is 0.258 e. The van der Waals surface area contributed by atoms with E-state index in [-0.39, 0.29) is 5.91 Å². The first kappa shape index (κ1) is 12.7. The fourth-order valence-electron chi connectivity index (χ4n) is 2.76. The molecule has 3 rings (SSSR count). The summed E-state index contributed by atoms with van der Waals surface area (Å²) in [6, 6.07) is 13.5. The summed E-state index contributed by atoms with van der Waals surface area (Å²) < 4.78 is 0. The highest BCUT2D eigenvalue weighted by atomic mass is 16.2. The number of hydrogen-bond donors (Lipinski definition) is 1. The third kappa shape index (κ3) is 2.27. The number of carbonyl (C=O) groups is 1. The number of amides is 1. The Balaban J connectivity index is 1.98. The zero-order chi connectivity index (χ0) is 14.1. The van der Waals surface area contributed by atoms with Crippen LogP contribution in [-0.2, 0) is 6.42 Å². The van der Waals surface area contributed by atoms with Gasteiger partial charge < -0.3 is 10.6 Å². The molecule has 0 spiro atoms. The molecule has 0 fully saturated rings. The van der Waals surface area contributed by atoms with Gasteiger partial charge in [0.1, 0.15) is 0 Å². The molecule has 0 atom stereocenters. The van der Waals surface area contributed by atoms with Crippen molar-refractivity contribution in [3.05, 3.63) is 59.2 Å². The maximum atomic E-state index is 12.7. The van der Waals surface area contributed by atoms with Crippen LogP contribution < -0.4 is 10.6 Å². The van der Waals surface area contributed by atoms with E-state index in [4.69, 9.17) is 5.73 Å². The molecule has 0 aromatic heterocycles. The molecule has 0 unspecified atom stereocenters. The number of carbonyl (C=O) groups excluding carboxylic acids is 1. The van der Waals surface area contributed by atoms with Crippen molar-refractivity contribution >= 4 is 17.3 Å². The van der Waals surface area contributed by atoms with E-state index in [0.29, 0.717) is 11.3 Å². The molecule has 0 saturated carbocycles. The molecule has 0 radical (unpaired) electrons. The molecule has 1 heterocycles. The summed E-state index contributed by atoms with van der Waals surface area (Å²) in [6.07, 6.45) is 2.04. The lowest BCUT2D eigenvalue weighted by Crippen LogP contribution is -2.35. The Kier molecular flexibility index (Phi) is 3.18. The minimum absolute atomic E-state index is 0.0297. The summed E-state index contributed by atoms with van der Waals surface area (Å²) in [5.41, 5.74) is 10.6. The molecule has 3 nitrogen and oxygen atoms in total. The van der Waals surface area contributed by atoms with Gasteiger partial charge in [-0.05, 0) is 49.6 Å². The van der Waals surface area contributed by atoms with Crippen LogP contribution in [0.1, 0.15) is 27.9 Å². The van der Waals surface area contributed by atoms with Crippen molar-refractivity contribution < 1.29 is 4.79 Å². The normalized spacial score (nSPS) is 13.9. The van der Waals surface area contributed by atoms with E-state index in [1.54, 1.807) is 12.1 Å². The van der Waals surface area contributed by atoms with Crippen molar-refractivity contribution in [2.45, 2.75) is 19.8 Å². The highest BCUT2D eigenvalue weighted by Crippen LogP contribution is 2.29. The van der Waals surface area contributed by atoms with Crippen molar-refractivity contribution in [3.8, 4) is 0 Å².